The van der Waals surface area contributed by atoms with E-state index in [-0.39, 0.29) is 5.97 Å². The van der Waals surface area contributed by atoms with Gasteiger partial charge >= 0.3 is 5.97 Å². The molecule has 208 valence electrons. The first-order chi connectivity index (χ1) is 17.2. The lowest BCUT2D eigenvalue weighted by molar-refractivity contribution is -0.147. The molecule has 0 unspecified atom stereocenters. The SMILES string of the molecule is CCCCCCCCCCCCCCCCCCCC=CCCCCCCCC(=O)OCN(C)C. The van der Waals surface area contributed by atoms with Gasteiger partial charge in [-0.1, -0.05) is 141 Å². The van der Waals surface area contributed by atoms with Crippen LogP contribution in [0.3, 0.4) is 0 Å². The third kappa shape index (κ3) is 31.1. The highest BCUT2D eigenvalue weighted by Gasteiger charge is 2.02. The predicted molar refractivity (Wildman–Crippen MR) is 155 cm³/mol. The van der Waals surface area contributed by atoms with Crippen LogP contribution in [0.4, 0.5) is 0 Å². The largest absolute Gasteiger partial charge is 0.450 e. The predicted octanol–water partition coefficient (Wildman–Crippen LogP) is 10.4. The molecule has 0 aromatic heterocycles. The quantitative estimate of drug-likeness (QED) is 0.0470. The van der Waals surface area contributed by atoms with Crippen LogP contribution in [0.2, 0.25) is 0 Å². The van der Waals surface area contributed by atoms with E-state index in [1.165, 1.54) is 141 Å². The van der Waals surface area contributed by atoms with Crippen LogP contribution in [-0.2, 0) is 9.53 Å². The molecule has 0 saturated heterocycles. The zero-order chi connectivity index (χ0) is 25.7. The van der Waals surface area contributed by atoms with Crippen LogP contribution in [0.1, 0.15) is 167 Å². The average molecular weight is 494 g/mol. The number of hydrogen-bond acceptors (Lipinski definition) is 3. The van der Waals surface area contributed by atoms with E-state index in [1.54, 1.807) is 0 Å². The molecule has 3 nitrogen and oxygen atoms in total. The van der Waals surface area contributed by atoms with Gasteiger partial charge in [0, 0.05) is 6.42 Å². The van der Waals surface area contributed by atoms with Gasteiger partial charge in [-0.3, -0.25) is 9.69 Å². The van der Waals surface area contributed by atoms with Crippen molar-refractivity contribution >= 4 is 5.97 Å². The minimum atomic E-state index is -0.0639. The van der Waals surface area contributed by atoms with Crippen molar-refractivity contribution in [3.05, 3.63) is 12.2 Å². The summed E-state index contributed by atoms with van der Waals surface area (Å²) in [5, 5.41) is 0. The molecule has 0 aliphatic rings. The van der Waals surface area contributed by atoms with E-state index in [4.69, 9.17) is 4.74 Å². The molecular weight excluding hydrogens is 430 g/mol. The molecule has 0 amide bonds. The number of hydrogen-bond donors (Lipinski definition) is 0. The minimum Gasteiger partial charge on any atom is -0.450 e. The van der Waals surface area contributed by atoms with E-state index in [2.05, 4.69) is 19.1 Å². The van der Waals surface area contributed by atoms with Gasteiger partial charge < -0.3 is 4.74 Å². The molecule has 0 bridgehead atoms. The molecule has 0 aliphatic carbocycles. The summed E-state index contributed by atoms with van der Waals surface area (Å²) in [7, 11) is 3.81. The fourth-order valence-electron chi connectivity index (χ4n) is 4.56. The van der Waals surface area contributed by atoms with Crippen molar-refractivity contribution in [3.63, 3.8) is 0 Å². The summed E-state index contributed by atoms with van der Waals surface area (Å²) in [6, 6.07) is 0. The van der Waals surface area contributed by atoms with Crippen LogP contribution in [0, 0.1) is 0 Å². The second kappa shape index (κ2) is 29.4. The van der Waals surface area contributed by atoms with Gasteiger partial charge in [0.25, 0.3) is 0 Å². The number of carbonyl (C=O) groups is 1. The van der Waals surface area contributed by atoms with Gasteiger partial charge in [-0.2, -0.15) is 0 Å². The second-order valence-corrected chi connectivity index (χ2v) is 10.9. The van der Waals surface area contributed by atoms with E-state index in [1.807, 2.05) is 19.0 Å². The molecular formula is C32H63NO2. The average Bonchev–Trinajstić information content (AvgIpc) is 2.85. The van der Waals surface area contributed by atoms with Crippen LogP contribution in [0.5, 0.6) is 0 Å². The van der Waals surface area contributed by atoms with E-state index in [0.29, 0.717) is 13.2 Å². The Bertz CT molecular complexity index is 447. The number of ether oxygens (including phenoxy) is 1. The van der Waals surface area contributed by atoms with Crippen LogP contribution in [0.15, 0.2) is 12.2 Å². The molecule has 0 spiro atoms. The molecule has 0 atom stereocenters. The summed E-state index contributed by atoms with van der Waals surface area (Å²) in [6.45, 7) is 2.69. The lowest BCUT2D eigenvalue weighted by atomic mass is 10.0. The van der Waals surface area contributed by atoms with Gasteiger partial charge in [0.05, 0.1) is 0 Å². The van der Waals surface area contributed by atoms with Crippen molar-refractivity contribution in [2.75, 3.05) is 20.8 Å². The molecule has 0 aromatic rings. The highest BCUT2D eigenvalue weighted by molar-refractivity contribution is 5.69. The summed E-state index contributed by atoms with van der Waals surface area (Å²) in [4.78, 5) is 13.4. The van der Waals surface area contributed by atoms with Crippen LogP contribution in [-0.4, -0.2) is 31.7 Å². The Morgan fingerprint density at radius 3 is 1.26 bits per heavy atom. The summed E-state index contributed by atoms with van der Waals surface area (Å²) >= 11 is 0. The normalized spacial score (nSPS) is 11.7. The zero-order valence-electron chi connectivity index (χ0n) is 24.3. The Balaban J connectivity index is 3.14. The standard InChI is InChI=1S/C32H63NO2/c1-4-5-6-7-8-9-10-11-12-13-14-15-16-17-18-19-20-21-22-23-24-25-26-27-28-29-30-32(34)35-31-33(2)3/h22-23H,4-21,24-31H2,1-3H3. The number of nitrogens with zero attached hydrogens (tertiary/aromatic N) is 1. The number of carbonyl (C=O) groups excluding carboxylic acids is 1. The molecule has 0 rings (SSSR count). The van der Waals surface area contributed by atoms with Gasteiger partial charge in [0.15, 0.2) is 0 Å². The third-order valence-corrected chi connectivity index (χ3v) is 6.88. The Morgan fingerprint density at radius 2 is 0.886 bits per heavy atom. The van der Waals surface area contributed by atoms with Crippen LogP contribution < -0.4 is 0 Å². The van der Waals surface area contributed by atoms with Crippen molar-refractivity contribution in [1.82, 2.24) is 4.90 Å². The molecule has 0 aliphatic heterocycles. The first-order valence-corrected chi connectivity index (χ1v) is 15.6. The molecule has 35 heavy (non-hydrogen) atoms. The summed E-state index contributed by atoms with van der Waals surface area (Å²) < 4.78 is 5.14. The van der Waals surface area contributed by atoms with Crippen molar-refractivity contribution in [1.29, 1.82) is 0 Å². The van der Waals surface area contributed by atoms with Gasteiger partial charge in [0.1, 0.15) is 6.73 Å². The minimum absolute atomic E-state index is 0.0639. The molecule has 0 saturated carbocycles. The highest BCUT2D eigenvalue weighted by atomic mass is 16.5. The van der Waals surface area contributed by atoms with Gasteiger partial charge in [-0.05, 0) is 46.2 Å². The molecule has 0 fully saturated rings. The Hall–Kier alpha value is -0.830. The molecule has 0 N–H and O–H groups in total. The van der Waals surface area contributed by atoms with E-state index in [0.717, 1.165) is 12.8 Å². The van der Waals surface area contributed by atoms with Crippen molar-refractivity contribution in [2.24, 2.45) is 0 Å². The van der Waals surface area contributed by atoms with E-state index < -0.39 is 0 Å². The zero-order valence-corrected chi connectivity index (χ0v) is 24.3. The Labute approximate surface area is 220 Å². The second-order valence-electron chi connectivity index (χ2n) is 10.9. The number of allylic oxidation sites excluding steroid dienone is 2. The summed E-state index contributed by atoms with van der Waals surface area (Å²) in [5.74, 6) is -0.0639. The topological polar surface area (TPSA) is 29.5 Å². The maximum atomic E-state index is 11.5. The van der Waals surface area contributed by atoms with Gasteiger partial charge in [-0.25, -0.2) is 0 Å². The number of rotatable bonds is 28. The third-order valence-electron chi connectivity index (χ3n) is 6.88. The Kier molecular flexibility index (Phi) is 28.7. The number of esters is 1. The van der Waals surface area contributed by atoms with Crippen LogP contribution in [0.25, 0.3) is 0 Å². The maximum Gasteiger partial charge on any atom is 0.307 e. The fraction of sp³-hybridized carbons (Fsp3) is 0.906. The van der Waals surface area contributed by atoms with Gasteiger partial charge in [0.2, 0.25) is 0 Å². The first-order valence-electron chi connectivity index (χ1n) is 15.6. The lowest BCUT2D eigenvalue weighted by Gasteiger charge is -2.10. The fourth-order valence-corrected chi connectivity index (χ4v) is 4.56. The molecule has 0 heterocycles. The Morgan fingerprint density at radius 1 is 0.543 bits per heavy atom. The monoisotopic (exact) mass is 493 g/mol. The highest BCUT2D eigenvalue weighted by Crippen LogP contribution is 2.14. The first kappa shape index (κ1) is 34.2. The van der Waals surface area contributed by atoms with E-state index in [9.17, 15) is 4.79 Å². The summed E-state index contributed by atoms with van der Waals surface area (Å²) in [6.07, 6.45) is 38.2. The van der Waals surface area contributed by atoms with Crippen molar-refractivity contribution in [3.8, 4) is 0 Å². The lowest BCUT2D eigenvalue weighted by Crippen LogP contribution is -2.19. The van der Waals surface area contributed by atoms with Gasteiger partial charge in [-0.15, -0.1) is 0 Å². The molecule has 0 radical (unpaired) electrons. The van der Waals surface area contributed by atoms with E-state index >= 15 is 0 Å². The van der Waals surface area contributed by atoms with Crippen molar-refractivity contribution < 1.29 is 9.53 Å². The summed E-state index contributed by atoms with van der Waals surface area (Å²) in [5.41, 5.74) is 0. The number of unbranched alkanes of at least 4 members (excludes halogenated alkanes) is 22. The molecule has 0 aromatic carbocycles. The van der Waals surface area contributed by atoms with Crippen LogP contribution >= 0.6 is 0 Å². The maximum absolute atomic E-state index is 11.5. The smallest absolute Gasteiger partial charge is 0.307 e. The van der Waals surface area contributed by atoms with Crippen molar-refractivity contribution in [2.45, 2.75) is 167 Å². The molecule has 3 heteroatoms.